The SMILES string of the molecule is CN(C)CC=CC(=O)Nc1cncc(-c2cnc3[nH]cc(-c4ccnc5[nH]ccc45)c3c2)c1. The van der Waals surface area contributed by atoms with E-state index in [4.69, 9.17) is 0 Å². The molecule has 0 aliphatic carbocycles. The Morgan fingerprint density at radius 1 is 1.00 bits per heavy atom. The standard InChI is InChI=1S/C25H23N7O/c1-32(2)9-3-4-23(33)31-18-10-16(12-26-14-18)17-11-21-22(15-30-25(21)29-13-17)19-5-7-27-24-20(19)6-8-28-24/h3-8,10-15H,9H2,1-2H3,(H,27,28)(H,29,30)(H,31,33). The van der Waals surface area contributed by atoms with E-state index >= 15 is 0 Å². The molecule has 0 radical (unpaired) electrons. The van der Waals surface area contributed by atoms with Gasteiger partial charge in [-0.05, 0) is 43.9 Å². The van der Waals surface area contributed by atoms with E-state index in [9.17, 15) is 4.79 Å². The van der Waals surface area contributed by atoms with Crippen LogP contribution in [0.25, 0.3) is 44.3 Å². The van der Waals surface area contributed by atoms with Gasteiger partial charge >= 0.3 is 0 Å². The lowest BCUT2D eigenvalue weighted by atomic mass is 10.0. The lowest BCUT2D eigenvalue weighted by Crippen LogP contribution is -2.13. The zero-order valence-electron chi connectivity index (χ0n) is 18.3. The van der Waals surface area contributed by atoms with Crippen molar-refractivity contribution in [3.8, 4) is 22.3 Å². The maximum absolute atomic E-state index is 12.2. The molecule has 0 unspecified atom stereocenters. The maximum Gasteiger partial charge on any atom is 0.248 e. The normalized spacial score (nSPS) is 11.7. The Bertz CT molecular complexity index is 1480. The molecule has 0 atom stereocenters. The van der Waals surface area contributed by atoms with Gasteiger partial charge in [-0.1, -0.05) is 6.08 Å². The lowest BCUT2D eigenvalue weighted by Gasteiger charge is -2.07. The molecule has 8 heteroatoms. The minimum Gasteiger partial charge on any atom is -0.346 e. The fourth-order valence-corrected chi connectivity index (χ4v) is 3.80. The van der Waals surface area contributed by atoms with Crippen LogP contribution in [0.3, 0.4) is 0 Å². The molecule has 3 N–H and O–H groups in total. The number of carbonyl (C=O) groups excluding carboxylic acids is 1. The van der Waals surface area contributed by atoms with Gasteiger partial charge in [-0.15, -0.1) is 0 Å². The molecule has 5 aromatic rings. The Labute approximate surface area is 190 Å². The zero-order chi connectivity index (χ0) is 22.8. The van der Waals surface area contributed by atoms with E-state index in [0.29, 0.717) is 12.2 Å². The average Bonchev–Trinajstić information content (AvgIpc) is 3.45. The van der Waals surface area contributed by atoms with Gasteiger partial charge in [-0.25, -0.2) is 9.97 Å². The summed E-state index contributed by atoms with van der Waals surface area (Å²) in [5.41, 5.74) is 6.19. The molecular weight excluding hydrogens is 414 g/mol. The Hall–Kier alpha value is -4.30. The maximum atomic E-state index is 12.2. The number of aromatic nitrogens is 5. The van der Waals surface area contributed by atoms with Crippen LogP contribution in [0.4, 0.5) is 5.69 Å². The summed E-state index contributed by atoms with van der Waals surface area (Å²) in [6.45, 7) is 0.697. The fraction of sp³-hybridized carbons (Fsp3) is 0.120. The third kappa shape index (κ3) is 4.24. The topological polar surface area (TPSA) is 103 Å². The third-order valence-electron chi connectivity index (χ3n) is 5.36. The molecule has 0 fully saturated rings. The smallest absolute Gasteiger partial charge is 0.248 e. The number of amides is 1. The number of nitrogens with zero attached hydrogens (tertiary/aromatic N) is 4. The van der Waals surface area contributed by atoms with Gasteiger partial charge in [0.05, 0.1) is 11.9 Å². The molecule has 0 aromatic carbocycles. The molecule has 0 aliphatic rings. The number of pyridine rings is 3. The van der Waals surface area contributed by atoms with Crippen LogP contribution in [0.1, 0.15) is 0 Å². The van der Waals surface area contributed by atoms with Gasteiger partial charge in [0.25, 0.3) is 0 Å². The van der Waals surface area contributed by atoms with Crippen molar-refractivity contribution in [3.63, 3.8) is 0 Å². The third-order valence-corrected chi connectivity index (χ3v) is 5.36. The Kier molecular flexibility index (Phi) is 5.42. The van der Waals surface area contributed by atoms with Crippen LogP contribution in [0, 0.1) is 0 Å². The van der Waals surface area contributed by atoms with Crippen LogP contribution in [-0.2, 0) is 4.79 Å². The van der Waals surface area contributed by atoms with Gasteiger partial charge in [0.1, 0.15) is 11.3 Å². The molecule has 0 aliphatic heterocycles. The summed E-state index contributed by atoms with van der Waals surface area (Å²) in [5, 5.41) is 4.92. The van der Waals surface area contributed by atoms with Crippen LogP contribution in [0.2, 0.25) is 0 Å². The highest BCUT2D eigenvalue weighted by Crippen LogP contribution is 2.34. The first kappa shape index (κ1) is 20.6. The van der Waals surface area contributed by atoms with Crippen molar-refractivity contribution < 1.29 is 4.79 Å². The van der Waals surface area contributed by atoms with E-state index in [0.717, 1.165) is 44.3 Å². The van der Waals surface area contributed by atoms with Gasteiger partial charge < -0.3 is 20.2 Å². The van der Waals surface area contributed by atoms with Crippen molar-refractivity contribution >= 4 is 33.7 Å². The highest BCUT2D eigenvalue weighted by Gasteiger charge is 2.13. The van der Waals surface area contributed by atoms with Crippen LogP contribution in [0.15, 0.2) is 73.6 Å². The number of aromatic amines is 2. The van der Waals surface area contributed by atoms with E-state index in [1.165, 1.54) is 6.08 Å². The number of likely N-dealkylation sites (N-methyl/N-ethyl adjacent to an activating group) is 1. The largest absolute Gasteiger partial charge is 0.346 e. The molecule has 5 aromatic heterocycles. The quantitative estimate of drug-likeness (QED) is 0.345. The summed E-state index contributed by atoms with van der Waals surface area (Å²) in [6.07, 6.45) is 14.2. The molecule has 5 rings (SSSR count). The number of rotatable bonds is 6. The number of fused-ring (bicyclic) bond motifs is 2. The van der Waals surface area contributed by atoms with Crippen molar-refractivity contribution in [3.05, 3.63) is 73.6 Å². The van der Waals surface area contributed by atoms with Crippen LogP contribution in [0.5, 0.6) is 0 Å². The minimum absolute atomic E-state index is 0.189. The molecule has 33 heavy (non-hydrogen) atoms. The molecule has 5 heterocycles. The van der Waals surface area contributed by atoms with E-state index in [2.05, 4.69) is 36.3 Å². The fourth-order valence-electron chi connectivity index (χ4n) is 3.80. The first-order valence-electron chi connectivity index (χ1n) is 10.6. The number of hydrogen-bond donors (Lipinski definition) is 3. The molecule has 8 nitrogen and oxygen atoms in total. The van der Waals surface area contributed by atoms with Gasteiger partial charge in [0.15, 0.2) is 0 Å². The van der Waals surface area contributed by atoms with Crippen molar-refractivity contribution in [1.82, 2.24) is 29.8 Å². The minimum atomic E-state index is -0.189. The van der Waals surface area contributed by atoms with Crippen LogP contribution in [-0.4, -0.2) is 56.4 Å². The van der Waals surface area contributed by atoms with Crippen LogP contribution < -0.4 is 5.32 Å². The predicted molar refractivity (Wildman–Crippen MR) is 131 cm³/mol. The van der Waals surface area contributed by atoms with Crippen molar-refractivity contribution in [2.24, 2.45) is 0 Å². The van der Waals surface area contributed by atoms with Gasteiger partial charge in [0, 0.05) is 71.1 Å². The van der Waals surface area contributed by atoms with E-state index in [1.807, 2.05) is 55.7 Å². The van der Waals surface area contributed by atoms with Crippen molar-refractivity contribution in [1.29, 1.82) is 0 Å². The zero-order valence-corrected chi connectivity index (χ0v) is 18.3. The molecule has 1 amide bonds. The second kappa shape index (κ2) is 8.68. The molecule has 0 spiro atoms. The van der Waals surface area contributed by atoms with Crippen molar-refractivity contribution in [2.75, 3.05) is 26.0 Å². The Morgan fingerprint density at radius 2 is 1.85 bits per heavy atom. The number of nitrogens with one attached hydrogen (secondary N) is 3. The summed E-state index contributed by atoms with van der Waals surface area (Å²) in [6, 6.07) is 8.02. The summed E-state index contributed by atoms with van der Waals surface area (Å²) < 4.78 is 0. The molecule has 0 bridgehead atoms. The molecule has 0 saturated carbocycles. The molecular formula is C25H23N7O. The van der Waals surface area contributed by atoms with Crippen LogP contribution >= 0.6 is 0 Å². The van der Waals surface area contributed by atoms with Gasteiger partial charge in [0.2, 0.25) is 5.91 Å². The molecule has 0 saturated heterocycles. The summed E-state index contributed by atoms with van der Waals surface area (Å²) in [7, 11) is 3.90. The first-order valence-corrected chi connectivity index (χ1v) is 10.6. The number of carbonyl (C=O) groups is 1. The second-order valence-electron chi connectivity index (χ2n) is 8.04. The van der Waals surface area contributed by atoms with Gasteiger partial charge in [-0.2, -0.15) is 0 Å². The number of anilines is 1. The summed E-state index contributed by atoms with van der Waals surface area (Å²) in [4.78, 5) is 33.9. The highest BCUT2D eigenvalue weighted by molar-refractivity contribution is 6.03. The molecule has 164 valence electrons. The van der Waals surface area contributed by atoms with E-state index in [1.54, 1.807) is 24.8 Å². The highest BCUT2D eigenvalue weighted by atomic mass is 16.1. The number of H-pyrrole nitrogens is 2. The van der Waals surface area contributed by atoms with Gasteiger partial charge in [-0.3, -0.25) is 9.78 Å². The monoisotopic (exact) mass is 437 g/mol. The van der Waals surface area contributed by atoms with Crippen molar-refractivity contribution in [2.45, 2.75) is 0 Å². The summed E-state index contributed by atoms with van der Waals surface area (Å²) in [5.74, 6) is -0.189. The summed E-state index contributed by atoms with van der Waals surface area (Å²) >= 11 is 0. The first-order chi connectivity index (χ1) is 16.1. The number of hydrogen-bond acceptors (Lipinski definition) is 5. The van der Waals surface area contributed by atoms with E-state index in [-0.39, 0.29) is 5.91 Å². The Morgan fingerprint density at radius 3 is 2.73 bits per heavy atom. The Balaban J connectivity index is 1.47. The second-order valence-corrected chi connectivity index (χ2v) is 8.04. The average molecular weight is 438 g/mol. The van der Waals surface area contributed by atoms with E-state index < -0.39 is 0 Å². The predicted octanol–water partition coefficient (Wildman–Crippen LogP) is 4.22. The lowest BCUT2D eigenvalue weighted by molar-refractivity contribution is -0.111.